The monoisotopic (exact) mass is 780 g/mol. The van der Waals surface area contributed by atoms with Crippen LogP contribution in [0.25, 0.3) is 82.9 Å². The van der Waals surface area contributed by atoms with Crippen LogP contribution in [0.5, 0.6) is 0 Å². The zero-order chi connectivity index (χ0) is 40.7. The molecular formula is C57H40N4. The van der Waals surface area contributed by atoms with E-state index in [2.05, 4.69) is 224 Å². The van der Waals surface area contributed by atoms with Crippen LogP contribution >= 0.6 is 0 Å². The fourth-order valence-electron chi connectivity index (χ4n) is 9.86. The molecule has 0 radical (unpaired) electrons. The van der Waals surface area contributed by atoms with Crippen LogP contribution in [0.1, 0.15) is 25.0 Å². The van der Waals surface area contributed by atoms with E-state index in [1.165, 1.54) is 60.7 Å². The number of para-hydroxylation sites is 3. The van der Waals surface area contributed by atoms with Crippen LogP contribution in [0.3, 0.4) is 0 Å². The Hall–Kier alpha value is -7.82. The van der Waals surface area contributed by atoms with Crippen molar-refractivity contribution in [3.05, 3.63) is 217 Å². The number of fused-ring (bicyclic) bond motifs is 8. The number of benzene rings is 9. The summed E-state index contributed by atoms with van der Waals surface area (Å²) in [4.78, 5) is 13.1. The first-order chi connectivity index (χ1) is 30.0. The topological polar surface area (TPSA) is 34.0 Å². The van der Waals surface area contributed by atoms with Crippen molar-refractivity contribution in [1.82, 2.24) is 14.5 Å². The highest BCUT2D eigenvalue weighted by molar-refractivity contribution is 6.25. The van der Waals surface area contributed by atoms with Gasteiger partial charge in [-0.25, -0.2) is 9.97 Å². The van der Waals surface area contributed by atoms with E-state index in [1.807, 2.05) is 6.07 Å². The Labute approximate surface area is 354 Å². The maximum atomic E-state index is 5.37. The van der Waals surface area contributed by atoms with E-state index in [-0.39, 0.29) is 5.41 Å². The van der Waals surface area contributed by atoms with Crippen molar-refractivity contribution < 1.29 is 0 Å². The van der Waals surface area contributed by atoms with Gasteiger partial charge in [0, 0.05) is 32.8 Å². The molecule has 1 aliphatic heterocycles. The summed E-state index contributed by atoms with van der Waals surface area (Å²) in [5.41, 5.74) is 15.8. The summed E-state index contributed by atoms with van der Waals surface area (Å²) in [6.07, 6.45) is 0. The number of hydrogen-bond donors (Lipinski definition) is 0. The highest BCUT2D eigenvalue weighted by atomic mass is 15.2. The zero-order valence-electron chi connectivity index (χ0n) is 33.9. The van der Waals surface area contributed by atoms with Gasteiger partial charge in [0.2, 0.25) is 5.95 Å². The fraction of sp³-hybridized carbons (Fsp3) is 0.0526. The van der Waals surface area contributed by atoms with E-state index in [0.29, 0.717) is 5.95 Å². The van der Waals surface area contributed by atoms with E-state index in [0.717, 1.165) is 44.4 Å². The van der Waals surface area contributed by atoms with Gasteiger partial charge in [-0.1, -0.05) is 178 Å². The van der Waals surface area contributed by atoms with Gasteiger partial charge in [-0.05, 0) is 86.6 Å². The average Bonchev–Trinajstić information content (AvgIpc) is 3.67. The lowest BCUT2D eigenvalue weighted by atomic mass is 9.73. The van der Waals surface area contributed by atoms with Crippen LogP contribution in [-0.4, -0.2) is 14.5 Å². The molecule has 0 atom stereocenters. The van der Waals surface area contributed by atoms with Crippen molar-refractivity contribution >= 4 is 60.5 Å². The predicted octanol–water partition coefficient (Wildman–Crippen LogP) is 15.0. The number of rotatable bonds is 5. The molecule has 9 aromatic carbocycles. The third kappa shape index (κ3) is 5.46. The first-order valence-electron chi connectivity index (χ1n) is 21.0. The summed E-state index contributed by atoms with van der Waals surface area (Å²) in [6, 6.07) is 74.3. The maximum absolute atomic E-state index is 5.37. The van der Waals surface area contributed by atoms with E-state index in [4.69, 9.17) is 9.97 Å². The summed E-state index contributed by atoms with van der Waals surface area (Å²) < 4.78 is 2.26. The van der Waals surface area contributed by atoms with Gasteiger partial charge in [-0.3, -0.25) is 4.57 Å². The number of aromatic nitrogens is 3. The molecule has 0 N–H and O–H groups in total. The molecule has 11 aromatic rings. The first-order valence-corrected chi connectivity index (χ1v) is 21.0. The molecule has 4 nitrogen and oxygen atoms in total. The first kappa shape index (κ1) is 35.2. The predicted molar refractivity (Wildman–Crippen MR) is 255 cm³/mol. The Morgan fingerprint density at radius 3 is 1.92 bits per heavy atom. The summed E-state index contributed by atoms with van der Waals surface area (Å²) in [5, 5.41) is 5.83. The molecule has 0 saturated carbocycles. The lowest BCUT2D eigenvalue weighted by Gasteiger charge is -2.42. The van der Waals surface area contributed by atoms with Crippen LogP contribution in [-0.2, 0) is 5.41 Å². The normalized spacial score (nSPS) is 13.2. The Kier molecular flexibility index (Phi) is 7.85. The summed E-state index contributed by atoms with van der Waals surface area (Å²) in [5.74, 6) is 0.656. The molecule has 2 aromatic heterocycles. The summed E-state index contributed by atoms with van der Waals surface area (Å²) in [7, 11) is 0. The Morgan fingerprint density at radius 2 is 1.08 bits per heavy atom. The molecule has 1 aliphatic rings. The molecule has 0 fully saturated rings. The highest BCUT2D eigenvalue weighted by Crippen LogP contribution is 2.52. The molecule has 0 spiro atoms. The summed E-state index contributed by atoms with van der Waals surface area (Å²) >= 11 is 0. The molecule has 0 unspecified atom stereocenters. The van der Waals surface area contributed by atoms with Crippen molar-refractivity contribution in [2.45, 2.75) is 19.3 Å². The van der Waals surface area contributed by atoms with Crippen LogP contribution in [0.2, 0.25) is 0 Å². The van der Waals surface area contributed by atoms with Crippen molar-refractivity contribution in [3.63, 3.8) is 0 Å². The van der Waals surface area contributed by atoms with Gasteiger partial charge in [0.05, 0.1) is 33.6 Å². The Morgan fingerprint density at radius 1 is 0.426 bits per heavy atom. The molecule has 0 bridgehead atoms. The molecule has 0 aliphatic carbocycles. The SMILES string of the molecule is CC1(C)c2ccccc2N(c2ccccc2)c2cc(-c3ccc(-c4cccc5c4c4c6ccccc6ccc4n5-c4nc(-c5ccccc5)c5ccccc5n4)cc3)ccc21. The maximum Gasteiger partial charge on any atom is 0.235 e. The van der Waals surface area contributed by atoms with E-state index < -0.39 is 0 Å². The average molecular weight is 781 g/mol. The minimum atomic E-state index is -0.150. The van der Waals surface area contributed by atoms with Gasteiger partial charge in [-0.15, -0.1) is 0 Å². The van der Waals surface area contributed by atoms with Gasteiger partial charge in [-0.2, -0.15) is 0 Å². The number of nitrogens with zero attached hydrogens (tertiary/aromatic N) is 4. The molecule has 4 heteroatoms. The summed E-state index contributed by atoms with van der Waals surface area (Å²) in [6.45, 7) is 4.69. The molecule has 3 heterocycles. The molecule has 0 saturated heterocycles. The van der Waals surface area contributed by atoms with Crippen molar-refractivity contribution in [3.8, 4) is 39.5 Å². The highest BCUT2D eigenvalue weighted by Gasteiger charge is 2.37. The molecule has 0 amide bonds. The van der Waals surface area contributed by atoms with E-state index in [9.17, 15) is 0 Å². The Balaban J connectivity index is 1.03. The molecule has 61 heavy (non-hydrogen) atoms. The second-order valence-electron chi connectivity index (χ2n) is 16.6. The third-order valence-electron chi connectivity index (χ3n) is 12.8. The molecular weight excluding hydrogens is 741 g/mol. The largest absolute Gasteiger partial charge is 0.310 e. The van der Waals surface area contributed by atoms with Gasteiger partial charge in [0.1, 0.15) is 0 Å². The van der Waals surface area contributed by atoms with Crippen LogP contribution < -0.4 is 4.90 Å². The van der Waals surface area contributed by atoms with Crippen molar-refractivity contribution in [1.29, 1.82) is 0 Å². The second kappa shape index (κ2) is 13.6. The molecule has 288 valence electrons. The number of hydrogen-bond acceptors (Lipinski definition) is 3. The van der Waals surface area contributed by atoms with Crippen LogP contribution in [0.4, 0.5) is 17.1 Å². The van der Waals surface area contributed by atoms with E-state index >= 15 is 0 Å². The van der Waals surface area contributed by atoms with Crippen LogP contribution in [0, 0.1) is 0 Å². The van der Waals surface area contributed by atoms with Crippen molar-refractivity contribution in [2.75, 3.05) is 4.90 Å². The smallest absolute Gasteiger partial charge is 0.235 e. The lowest BCUT2D eigenvalue weighted by molar-refractivity contribution is 0.632. The fourth-order valence-corrected chi connectivity index (χ4v) is 9.86. The van der Waals surface area contributed by atoms with Crippen molar-refractivity contribution in [2.24, 2.45) is 0 Å². The lowest BCUT2D eigenvalue weighted by Crippen LogP contribution is -2.30. The number of anilines is 3. The van der Waals surface area contributed by atoms with Gasteiger partial charge >= 0.3 is 0 Å². The van der Waals surface area contributed by atoms with Crippen LogP contribution in [0.15, 0.2) is 206 Å². The second-order valence-corrected chi connectivity index (χ2v) is 16.6. The minimum absolute atomic E-state index is 0.150. The zero-order valence-corrected chi connectivity index (χ0v) is 33.9. The van der Waals surface area contributed by atoms with Gasteiger partial charge in [0.15, 0.2) is 0 Å². The Bertz CT molecular complexity index is 3490. The van der Waals surface area contributed by atoms with Gasteiger partial charge in [0.25, 0.3) is 0 Å². The van der Waals surface area contributed by atoms with Gasteiger partial charge < -0.3 is 4.90 Å². The molecule has 12 rings (SSSR count). The van der Waals surface area contributed by atoms with E-state index in [1.54, 1.807) is 0 Å². The quantitative estimate of drug-likeness (QED) is 0.174. The standard InChI is InChI=1S/C57H40N4/c1-57(2)46-24-12-14-26-49(46)60(42-19-7-4-8-20-42)52-36-41(32-34-47(52)57)37-28-30-39(31-29-37)44-23-15-27-50-53(44)54-43-21-10-9-16-38(43)33-35-51(54)61(50)56-58-48-25-13-11-22-45(48)55(59-56)40-17-5-3-6-18-40/h3-36H,1-2H3. The third-order valence-corrected chi connectivity index (χ3v) is 12.8. The minimum Gasteiger partial charge on any atom is -0.310 e.